The third-order valence-corrected chi connectivity index (χ3v) is 2.27. The summed E-state index contributed by atoms with van der Waals surface area (Å²) in [6, 6.07) is 0.684. The van der Waals surface area contributed by atoms with Crippen molar-refractivity contribution in [2.45, 2.75) is 13.0 Å². The Bertz CT molecular complexity index is 106. The Morgan fingerprint density at radius 1 is 1.64 bits per heavy atom. The number of rotatable bonds is 3. The average molecular weight is 157 g/mol. The van der Waals surface area contributed by atoms with Crippen molar-refractivity contribution >= 4 is 0 Å². The highest BCUT2D eigenvalue weighted by atomic mass is 15.2. The third kappa shape index (κ3) is 2.77. The summed E-state index contributed by atoms with van der Waals surface area (Å²) in [5.41, 5.74) is 0. The molecule has 3 nitrogen and oxygen atoms in total. The molecule has 2 N–H and O–H groups in total. The highest BCUT2D eigenvalue weighted by molar-refractivity contribution is 4.78. The maximum Gasteiger partial charge on any atom is 0.0342 e. The molecule has 0 amide bonds. The van der Waals surface area contributed by atoms with Gasteiger partial charge in [-0.05, 0) is 13.6 Å². The average Bonchev–Trinajstić information content (AvgIpc) is 2.03. The van der Waals surface area contributed by atoms with E-state index in [9.17, 15) is 0 Å². The summed E-state index contributed by atoms with van der Waals surface area (Å²) in [4.78, 5) is 2.42. The van der Waals surface area contributed by atoms with Crippen molar-refractivity contribution in [3.05, 3.63) is 0 Å². The van der Waals surface area contributed by atoms with Crippen molar-refractivity contribution in [1.29, 1.82) is 0 Å². The summed E-state index contributed by atoms with van der Waals surface area (Å²) >= 11 is 0. The van der Waals surface area contributed by atoms with E-state index < -0.39 is 0 Å². The van der Waals surface area contributed by atoms with Crippen LogP contribution in [0.15, 0.2) is 0 Å². The van der Waals surface area contributed by atoms with Crippen molar-refractivity contribution in [3.63, 3.8) is 0 Å². The second-order valence-electron chi connectivity index (χ2n) is 3.15. The molecule has 0 aromatic heterocycles. The molecule has 0 spiro atoms. The van der Waals surface area contributed by atoms with Crippen molar-refractivity contribution in [2.24, 2.45) is 0 Å². The molecule has 3 heteroatoms. The molecule has 1 unspecified atom stereocenters. The predicted octanol–water partition coefficient (Wildman–Crippen LogP) is -0.500. The lowest BCUT2D eigenvalue weighted by molar-refractivity contribution is 0.196. The van der Waals surface area contributed by atoms with Gasteiger partial charge >= 0.3 is 0 Å². The number of hydrogen-bond donors (Lipinski definition) is 2. The van der Waals surface area contributed by atoms with E-state index in [0.29, 0.717) is 6.04 Å². The summed E-state index contributed by atoms with van der Waals surface area (Å²) in [6.07, 6.45) is 0. The Kier molecular flexibility index (Phi) is 3.83. The SMILES string of the molecule is CCNCC1CNCCN1C. The topological polar surface area (TPSA) is 27.3 Å². The lowest BCUT2D eigenvalue weighted by atomic mass is 10.2. The van der Waals surface area contributed by atoms with Gasteiger partial charge in [0, 0.05) is 32.2 Å². The monoisotopic (exact) mass is 157 g/mol. The van der Waals surface area contributed by atoms with Crippen LogP contribution in [-0.2, 0) is 0 Å². The summed E-state index contributed by atoms with van der Waals surface area (Å²) in [7, 11) is 2.20. The number of hydrogen-bond acceptors (Lipinski definition) is 3. The van der Waals surface area contributed by atoms with E-state index >= 15 is 0 Å². The van der Waals surface area contributed by atoms with Crippen LogP contribution in [0.2, 0.25) is 0 Å². The van der Waals surface area contributed by atoms with E-state index in [2.05, 4.69) is 29.5 Å². The number of nitrogens with zero attached hydrogens (tertiary/aromatic N) is 1. The van der Waals surface area contributed by atoms with Crippen LogP contribution in [0.25, 0.3) is 0 Å². The second-order valence-corrected chi connectivity index (χ2v) is 3.15. The normalized spacial score (nSPS) is 27.3. The largest absolute Gasteiger partial charge is 0.315 e. The molecule has 1 aliphatic rings. The smallest absolute Gasteiger partial charge is 0.0342 e. The Hall–Kier alpha value is -0.120. The molecule has 0 aromatic rings. The van der Waals surface area contributed by atoms with Gasteiger partial charge in [0.15, 0.2) is 0 Å². The molecule has 1 heterocycles. The molecule has 1 atom stereocenters. The molecule has 66 valence electrons. The maximum absolute atomic E-state index is 3.39. The van der Waals surface area contributed by atoms with E-state index in [0.717, 1.165) is 26.2 Å². The fourth-order valence-electron chi connectivity index (χ4n) is 1.40. The fourth-order valence-corrected chi connectivity index (χ4v) is 1.40. The van der Waals surface area contributed by atoms with E-state index in [1.807, 2.05) is 0 Å². The van der Waals surface area contributed by atoms with Crippen molar-refractivity contribution < 1.29 is 0 Å². The van der Waals surface area contributed by atoms with E-state index in [1.54, 1.807) is 0 Å². The first kappa shape index (κ1) is 8.97. The molecule has 1 aliphatic heterocycles. The number of likely N-dealkylation sites (N-methyl/N-ethyl adjacent to an activating group) is 2. The lowest BCUT2D eigenvalue weighted by Crippen LogP contribution is -2.53. The predicted molar refractivity (Wildman–Crippen MR) is 47.8 cm³/mol. The lowest BCUT2D eigenvalue weighted by Gasteiger charge is -2.33. The zero-order valence-electron chi connectivity index (χ0n) is 7.56. The first-order valence-corrected chi connectivity index (χ1v) is 4.46. The van der Waals surface area contributed by atoms with Gasteiger partial charge in [-0.25, -0.2) is 0 Å². The molecule has 0 aromatic carbocycles. The molecule has 1 rings (SSSR count). The summed E-state index contributed by atoms with van der Waals surface area (Å²) < 4.78 is 0. The molecule has 0 aliphatic carbocycles. The Labute approximate surface area is 69.1 Å². The highest BCUT2D eigenvalue weighted by Crippen LogP contribution is 1.97. The van der Waals surface area contributed by atoms with Gasteiger partial charge < -0.3 is 10.6 Å². The minimum absolute atomic E-state index is 0.684. The molecule has 11 heavy (non-hydrogen) atoms. The van der Waals surface area contributed by atoms with Crippen LogP contribution in [-0.4, -0.2) is 50.7 Å². The van der Waals surface area contributed by atoms with Gasteiger partial charge in [-0.3, -0.25) is 4.90 Å². The van der Waals surface area contributed by atoms with E-state index in [1.165, 1.54) is 6.54 Å². The Morgan fingerprint density at radius 3 is 3.09 bits per heavy atom. The molecule has 0 saturated carbocycles. The molecule has 1 fully saturated rings. The molecule has 1 saturated heterocycles. The zero-order chi connectivity index (χ0) is 8.10. The van der Waals surface area contributed by atoms with Crippen LogP contribution in [0.4, 0.5) is 0 Å². The van der Waals surface area contributed by atoms with Crippen LogP contribution in [0, 0.1) is 0 Å². The molecular formula is C8H19N3. The standard InChI is InChI=1S/C8H19N3/c1-3-9-6-8-7-10-4-5-11(8)2/h8-10H,3-7H2,1-2H3. The number of piperazine rings is 1. The molecular weight excluding hydrogens is 138 g/mol. The third-order valence-electron chi connectivity index (χ3n) is 2.27. The zero-order valence-corrected chi connectivity index (χ0v) is 7.56. The van der Waals surface area contributed by atoms with Crippen molar-refractivity contribution in [1.82, 2.24) is 15.5 Å². The van der Waals surface area contributed by atoms with Gasteiger partial charge in [-0.1, -0.05) is 6.92 Å². The summed E-state index contributed by atoms with van der Waals surface area (Å²) in [6.45, 7) is 7.78. The minimum atomic E-state index is 0.684. The molecule has 0 bridgehead atoms. The fraction of sp³-hybridized carbons (Fsp3) is 1.00. The van der Waals surface area contributed by atoms with Gasteiger partial charge in [-0.15, -0.1) is 0 Å². The molecule has 0 radical (unpaired) electrons. The number of nitrogens with one attached hydrogen (secondary N) is 2. The first-order valence-electron chi connectivity index (χ1n) is 4.46. The van der Waals surface area contributed by atoms with Crippen molar-refractivity contribution in [3.8, 4) is 0 Å². The summed E-state index contributed by atoms with van der Waals surface area (Å²) in [5, 5.41) is 6.76. The van der Waals surface area contributed by atoms with Gasteiger partial charge in [0.05, 0.1) is 0 Å². The van der Waals surface area contributed by atoms with Gasteiger partial charge in [-0.2, -0.15) is 0 Å². The quantitative estimate of drug-likeness (QED) is 0.578. The van der Waals surface area contributed by atoms with Gasteiger partial charge in [0.25, 0.3) is 0 Å². The maximum atomic E-state index is 3.39. The van der Waals surface area contributed by atoms with E-state index in [4.69, 9.17) is 0 Å². The first-order chi connectivity index (χ1) is 5.34. The van der Waals surface area contributed by atoms with Crippen molar-refractivity contribution in [2.75, 3.05) is 39.8 Å². The Balaban J connectivity index is 2.18. The van der Waals surface area contributed by atoms with Crippen LogP contribution in [0.3, 0.4) is 0 Å². The van der Waals surface area contributed by atoms with Gasteiger partial charge in [0.1, 0.15) is 0 Å². The summed E-state index contributed by atoms with van der Waals surface area (Å²) in [5.74, 6) is 0. The van der Waals surface area contributed by atoms with Gasteiger partial charge in [0.2, 0.25) is 0 Å². The van der Waals surface area contributed by atoms with E-state index in [-0.39, 0.29) is 0 Å². The van der Waals surface area contributed by atoms with Crippen LogP contribution in [0.5, 0.6) is 0 Å². The van der Waals surface area contributed by atoms with Crippen LogP contribution < -0.4 is 10.6 Å². The van der Waals surface area contributed by atoms with Crippen LogP contribution >= 0.6 is 0 Å². The Morgan fingerprint density at radius 2 is 2.45 bits per heavy atom. The second kappa shape index (κ2) is 4.70. The highest BCUT2D eigenvalue weighted by Gasteiger charge is 2.16. The van der Waals surface area contributed by atoms with Crippen LogP contribution in [0.1, 0.15) is 6.92 Å². The minimum Gasteiger partial charge on any atom is -0.315 e.